The molecular formula is C24H30N2O5. The van der Waals surface area contributed by atoms with Gasteiger partial charge in [-0.25, -0.2) is 0 Å². The minimum atomic E-state index is -0.966. The highest BCUT2D eigenvalue weighted by Gasteiger charge is 2.65. The van der Waals surface area contributed by atoms with Crippen LogP contribution in [0.3, 0.4) is 0 Å². The summed E-state index contributed by atoms with van der Waals surface area (Å²) in [6, 6.07) is 5.45. The van der Waals surface area contributed by atoms with Crippen LogP contribution in [0, 0.1) is 11.8 Å². The molecule has 1 aliphatic carbocycles. The van der Waals surface area contributed by atoms with Gasteiger partial charge in [-0.05, 0) is 56.6 Å². The highest BCUT2D eigenvalue weighted by molar-refractivity contribution is 6.06. The van der Waals surface area contributed by atoms with Gasteiger partial charge in [0.05, 0.1) is 25.2 Å². The number of benzene rings is 1. The zero-order chi connectivity index (χ0) is 21.9. The number of methoxy groups -OCH3 is 2. The van der Waals surface area contributed by atoms with Crippen molar-refractivity contribution in [3.05, 3.63) is 35.4 Å². The van der Waals surface area contributed by atoms with Crippen LogP contribution in [-0.4, -0.2) is 69.9 Å². The molecule has 0 radical (unpaired) electrons. The number of hydrogen-bond acceptors (Lipinski definition) is 6. The quantitative estimate of drug-likeness (QED) is 0.675. The molecule has 7 heteroatoms. The largest absolute Gasteiger partial charge is 0.497 e. The molecule has 2 saturated heterocycles. The molecule has 3 aliphatic heterocycles. The molecule has 5 rings (SSSR count). The molecule has 3 fully saturated rings. The number of rotatable bonds is 2. The molecule has 5 atom stereocenters. The van der Waals surface area contributed by atoms with E-state index in [0.717, 1.165) is 24.3 Å². The number of ether oxygens (including phenoxy) is 3. The van der Waals surface area contributed by atoms with Gasteiger partial charge in [0.2, 0.25) is 6.29 Å². The smallest absolute Gasteiger partial charge is 0.284 e. The van der Waals surface area contributed by atoms with Crippen LogP contribution < -0.4 is 9.64 Å². The Morgan fingerprint density at radius 2 is 2.06 bits per heavy atom. The second-order valence-corrected chi connectivity index (χ2v) is 9.16. The number of amides is 1. The molecule has 7 nitrogen and oxygen atoms in total. The van der Waals surface area contributed by atoms with Gasteiger partial charge in [-0.15, -0.1) is 0 Å². The number of hydrogen-bond donors (Lipinski definition) is 0. The van der Waals surface area contributed by atoms with Gasteiger partial charge in [0, 0.05) is 31.7 Å². The number of Topliss-reactive ketones (excluding diaryl/α,β-unsaturated/α-hetero) is 1. The van der Waals surface area contributed by atoms with Gasteiger partial charge in [0.25, 0.3) is 5.91 Å². The van der Waals surface area contributed by atoms with Gasteiger partial charge in [-0.2, -0.15) is 0 Å². The van der Waals surface area contributed by atoms with Crippen LogP contribution in [0.5, 0.6) is 5.75 Å². The summed E-state index contributed by atoms with van der Waals surface area (Å²) in [7, 11) is 5.23. The Balaban J connectivity index is 1.79. The van der Waals surface area contributed by atoms with Gasteiger partial charge in [0.1, 0.15) is 11.5 Å². The number of likely N-dealkylation sites (N-methyl/N-ethyl adjacent to an activating group) is 1. The third kappa shape index (κ3) is 2.76. The fraction of sp³-hybridized carbons (Fsp3) is 0.583. The van der Waals surface area contributed by atoms with Gasteiger partial charge >= 0.3 is 0 Å². The second-order valence-electron chi connectivity index (χ2n) is 9.16. The van der Waals surface area contributed by atoms with Crippen LogP contribution >= 0.6 is 0 Å². The van der Waals surface area contributed by atoms with Crippen molar-refractivity contribution in [3.63, 3.8) is 0 Å². The lowest BCUT2D eigenvalue weighted by Crippen LogP contribution is -2.61. The molecule has 1 aromatic rings. The highest BCUT2D eigenvalue weighted by atomic mass is 16.7. The van der Waals surface area contributed by atoms with Crippen LogP contribution in [-0.2, 0) is 24.5 Å². The highest BCUT2D eigenvalue weighted by Crippen LogP contribution is 2.58. The maximum atomic E-state index is 14.0. The third-order valence-corrected chi connectivity index (χ3v) is 7.83. The fourth-order valence-electron chi connectivity index (χ4n) is 6.39. The van der Waals surface area contributed by atoms with Gasteiger partial charge in [-0.1, -0.05) is 11.6 Å². The van der Waals surface area contributed by atoms with Crippen molar-refractivity contribution in [2.45, 2.75) is 37.5 Å². The number of carbonyl (C=O) groups is 2. The van der Waals surface area contributed by atoms with Crippen LogP contribution in [0.4, 0.5) is 5.69 Å². The number of allylic oxidation sites excluding steroid dienone is 1. The molecule has 166 valence electrons. The summed E-state index contributed by atoms with van der Waals surface area (Å²) in [5.41, 5.74) is 2.18. The van der Waals surface area contributed by atoms with E-state index < -0.39 is 11.7 Å². The Kier molecular flexibility index (Phi) is 4.95. The SMILES string of the molecule is C/C=C1\CN(C)CC[C@]23C(=O)C[C@@H]1[C@H]1CO[C@@H](OC)C(=O)N(c4ccc(OC)cc42)[C@@H]13. The minimum absolute atomic E-state index is 0.0119. The lowest BCUT2D eigenvalue weighted by molar-refractivity contribution is -0.162. The first-order valence-electron chi connectivity index (χ1n) is 11.0. The molecule has 0 unspecified atom stereocenters. The van der Waals surface area contributed by atoms with Crippen LogP contribution in [0.2, 0.25) is 0 Å². The topological polar surface area (TPSA) is 68.3 Å². The van der Waals surface area contributed by atoms with Crippen LogP contribution in [0.1, 0.15) is 25.3 Å². The van der Waals surface area contributed by atoms with Gasteiger partial charge < -0.3 is 24.0 Å². The lowest BCUT2D eigenvalue weighted by Gasteiger charge is -2.47. The van der Waals surface area contributed by atoms with E-state index in [1.54, 1.807) is 7.11 Å². The summed E-state index contributed by atoms with van der Waals surface area (Å²) in [6.07, 6.45) is 2.30. The molecule has 4 aliphatic rings. The summed E-state index contributed by atoms with van der Waals surface area (Å²) in [5.74, 6) is 0.739. The number of nitrogens with zero attached hydrogens (tertiary/aromatic N) is 2. The third-order valence-electron chi connectivity index (χ3n) is 7.83. The summed E-state index contributed by atoms with van der Waals surface area (Å²) < 4.78 is 16.9. The van der Waals surface area contributed by atoms with E-state index >= 15 is 0 Å². The number of fused-ring (bicyclic) bond motifs is 5. The number of ketones is 1. The average Bonchev–Trinajstić information content (AvgIpc) is 3.02. The Morgan fingerprint density at radius 1 is 1.26 bits per heavy atom. The standard InChI is InChI=1S/C24H30N2O5/c1-5-14-12-25(2)9-8-24-18-10-15(29-3)6-7-19(18)26-21(24)17(16(14)11-20(24)27)13-31-23(30-4)22(26)28/h5-7,10,16-17,21,23H,8-9,11-13H2,1-4H3/b14-5+/t16-,17+,21-,23+,24+/m0/s1. The van der Waals surface area contributed by atoms with Crippen molar-refractivity contribution >= 4 is 17.4 Å². The Labute approximate surface area is 182 Å². The first kappa shape index (κ1) is 20.7. The van der Waals surface area contributed by atoms with E-state index in [2.05, 4.69) is 18.0 Å². The maximum absolute atomic E-state index is 14.0. The van der Waals surface area contributed by atoms with E-state index in [4.69, 9.17) is 14.2 Å². The van der Waals surface area contributed by atoms with E-state index in [0.29, 0.717) is 25.2 Å². The number of anilines is 1. The van der Waals surface area contributed by atoms with Crippen LogP contribution in [0.25, 0.3) is 0 Å². The van der Waals surface area contributed by atoms with Crippen molar-refractivity contribution in [1.29, 1.82) is 0 Å². The molecule has 1 aromatic carbocycles. The average molecular weight is 427 g/mol. The predicted molar refractivity (Wildman–Crippen MR) is 115 cm³/mol. The second kappa shape index (κ2) is 7.43. The van der Waals surface area contributed by atoms with E-state index in [1.807, 2.05) is 30.0 Å². The zero-order valence-electron chi connectivity index (χ0n) is 18.6. The Hall–Kier alpha value is -2.22. The minimum Gasteiger partial charge on any atom is -0.497 e. The Bertz CT molecular complexity index is 959. The molecule has 2 bridgehead atoms. The molecule has 1 spiro atoms. The van der Waals surface area contributed by atoms with Gasteiger partial charge in [-0.3, -0.25) is 9.59 Å². The normalized spacial score (nSPS) is 36.5. The molecule has 31 heavy (non-hydrogen) atoms. The number of carbonyl (C=O) groups excluding carboxylic acids is 2. The summed E-state index contributed by atoms with van der Waals surface area (Å²) >= 11 is 0. The van der Waals surface area contributed by atoms with Crippen molar-refractivity contribution in [2.75, 3.05) is 45.9 Å². The first-order chi connectivity index (χ1) is 15.0. The van der Waals surface area contributed by atoms with Gasteiger partial charge in [0.15, 0.2) is 0 Å². The lowest BCUT2D eigenvalue weighted by atomic mass is 9.57. The summed E-state index contributed by atoms with van der Waals surface area (Å²) in [5, 5.41) is 0. The van der Waals surface area contributed by atoms with Crippen LogP contribution in [0.15, 0.2) is 29.8 Å². The fourth-order valence-corrected chi connectivity index (χ4v) is 6.39. The summed E-state index contributed by atoms with van der Waals surface area (Å²) in [4.78, 5) is 31.7. The first-order valence-corrected chi connectivity index (χ1v) is 11.0. The molecule has 3 heterocycles. The van der Waals surface area contributed by atoms with E-state index in [-0.39, 0.29) is 29.6 Å². The molecule has 1 amide bonds. The summed E-state index contributed by atoms with van der Waals surface area (Å²) in [6.45, 7) is 4.02. The molecule has 0 N–H and O–H groups in total. The van der Waals surface area contributed by atoms with Crippen molar-refractivity contribution in [1.82, 2.24) is 4.90 Å². The molecule has 0 aromatic heterocycles. The monoisotopic (exact) mass is 426 g/mol. The molecular weight excluding hydrogens is 396 g/mol. The van der Waals surface area contributed by atoms with E-state index in [9.17, 15) is 9.59 Å². The molecule has 1 saturated carbocycles. The zero-order valence-corrected chi connectivity index (χ0v) is 18.6. The maximum Gasteiger partial charge on any atom is 0.284 e. The Morgan fingerprint density at radius 3 is 2.77 bits per heavy atom. The van der Waals surface area contributed by atoms with Crippen molar-refractivity contribution < 1.29 is 23.8 Å². The van der Waals surface area contributed by atoms with E-state index in [1.165, 1.54) is 12.7 Å². The van der Waals surface area contributed by atoms with Crippen molar-refractivity contribution in [2.24, 2.45) is 11.8 Å². The predicted octanol–water partition coefficient (Wildman–Crippen LogP) is 2.14. The van der Waals surface area contributed by atoms with Crippen molar-refractivity contribution in [3.8, 4) is 5.75 Å².